The lowest BCUT2D eigenvalue weighted by Gasteiger charge is -2.05. The lowest BCUT2D eigenvalue weighted by Crippen LogP contribution is -2.14. The van der Waals surface area contributed by atoms with Crippen molar-refractivity contribution in [2.24, 2.45) is 5.14 Å². The van der Waals surface area contributed by atoms with Gasteiger partial charge in [-0.1, -0.05) is 18.2 Å². The van der Waals surface area contributed by atoms with Crippen molar-refractivity contribution in [2.75, 3.05) is 12.0 Å². The number of nitrogens with two attached hydrogens (primary N) is 1. The van der Waals surface area contributed by atoms with Gasteiger partial charge in [0.05, 0.1) is 4.90 Å². The first-order valence-corrected chi connectivity index (χ1v) is 7.09. The van der Waals surface area contributed by atoms with E-state index in [1.807, 2.05) is 12.3 Å². The summed E-state index contributed by atoms with van der Waals surface area (Å²) in [5.74, 6) is 0.895. The van der Waals surface area contributed by atoms with Crippen molar-refractivity contribution in [1.82, 2.24) is 0 Å². The lowest BCUT2D eigenvalue weighted by molar-refractivity contribution is 0.597. The summed E-state index contributed by atoms with van der Waals surface area (Å²) in [6.45, 7) is 0. The molecule has 0 aliphatic carbocycles. The highest BCUT2D eigenvalue weighted by atomic mass is 32.2. The number of hydrogen-bond acceptors (Lipinski definition) is 3. The third kappa shape index (κ3) is 3.01. The maximum atomic E-state index is 11.2. The minimum absolute atomic E-state index is 0.244. The maximum Gasteiger partial charge on any atom is 0.238 e. The van der Waals surface area contributed by atoms with Crippen LogP contribution in [0.5, 0.6) is 0 Å². The first-order chi connectivity index (χ1) is 6.55. The van der Waals surface area contributed by atoms with Crippen molar-refractivity contribution in [2.45, 2.75) is 11.3 Å². The molecule has 3 nitrogen and oxygen atoms in total. The Balaban J connectivity index is 3.04. The van der Waals surface area contributed by atoms with Crippen LogP contribution in [0.25, 0.3) is 0 Å². The Hall–Kier alpha value is -0.520. The van der Waals surface area contributed by atoms with Gasteiger partial charge in [0.2, 0.25) is 10.0 Å². The van der Waals surface area contributed by atoms with E-state index in [-0.39, 0.29) is 4.90 Å². The van der Waals surface area contributed by atoms with Gasteiger partial charge in [-0.05, 0) is 30.1 Å². The fourth-order valence-electron chi connectivity index (χ4n) is 1.20. The molecule has 2 N–H and O–H groups in total. The van der Waals surface area contributed by atoms with Gasteiger partial charge in [-0.25, -0.2) is 13.6 Å². The third-order valence-corrected chi connectivity index (χ3v) is 3.48. The zero-order valence-corrected chi connectivity index (χ0v) is 9.57. The first-order valence-electron chi connectivity index (χ1n) is 4.15. The molecule has 1 aromatic carbocycles. The van der Waals surface area contributed by atoms with Crippen LogP contribution in [0.15, 0.2) is 29.2 Å². The Morgan fingerprint density at radius 1 is 1.36 bits per heavy atom. The average molecular weight is 231 g/mol. The molecule has 0 fully saturated rings. The fourth-order valence-corrected chi connectivity index (χ4v) is 2.43. The van der Waals surface area contributed by atoms with E-state index in [9.17, 15) is 8.42 Å². The summed E-state index contributed by atoms with van der Waals surface area (Å²) < 4.78 is 22.4. The van der Waals surface area contributed by atoms with E-state index in [0.29, 0.717) is 0 Å². The van der Waals surface area contributed by atoms with E-state index in [1.54, 1.807) is 30.0 Å². The molecule has 1 rings (SSSR count). The van der Waals surface area contributed by atoms with E-state index in [0.717, 1.165) is 17.7 Å². The van der Waals surface area contributed by atoms with Crippen LogP contribution in [0.2, 0.25) is 0 Å². The number of primary sulfonamides is 1. The summed E-state index contributed by atoms with van der Waals surface area (Å²) in [5.41, 5.74) is 0.796. The molecule has 0 bridgehead atoms. The zero-order chi connectivity index (χ0) is 10.6. The van der Waals surface area contributed by atoms with Gasteiger partial charge in [0.15, 0.2) is 0 Å². The van der Waals surface area contributed by atoms with Crippen molar-refractivity contribution in [3.63, 3.8) is 0 Å². The summed E-state index contributed by atoms with van der Waals surface area (Å²) in [6.07, 6.45) is 2.72. The number of thioether (sulfide) groups is 1. The topological polar surface area (TPSA) is 60.2 Å². The van der Waals surface area contributed by atoms with Gasteiger partial charge in [0.25, 0.3) is 0 Å². The summed E-state index contributed by atoms with van der Waals surface area (Å²) >= 11 is 1.68. The highest BCUT2D eigenvalue weighted by Crippen LogP contribution is 2.15. The van der Waals surface area contributed by atoms with Crippen LogP contribution in [0.1, 0.15) is 5.56 Å². The quantitative estimate of drug-likeness (QED) is 0.848. The zero-order valence-electron chi connectivity index (χ0n) is 7.93. The third-order valence-electron chi connectivity index (χ3n) is 1.85. The summed E-state index contributed by atoms with van der Waals surface area (Å²) in [7, 11) is -3.57. The van der Waals surface area contributed by atoms with Gasteiger partial charge in [-0.2, -0.15) is 11.8 Å². The maximum absolute atomic E-state index is 11.2. The summed E-state index contributed by atoms with van der Waals surface area (Å²) in [4.78, 5) is 0.244. The number of benzene rings is 1. The Morgan fingerprint density at radius 2 is 2.00 bits per heavy atom. The average Bonchev–Trinajstić information content (AvgIpc) is 2.14. The number of rotatable bonds is 4. The second-order valence-corrected chi connectivity index (χ2v) is 5.41. The fraction of sp³-hybridized carbons (Fsp3) is 0.333. The Bertz CT molecular complexity index is 401. The predicted octanol–water partition coefficient (Wildman–Crippen LogP) is 1.24. The van der Waals surface area contributed by atoms with Gasteiger partial charge in [0.1, 0.15) is 0 Å². The van der Waals surface area contributed by atoms with Crippen molar-refractivity contribution in [3.8, 4) is 0 Å². The second kappa shape index (κ2) is 4.82. The van der Waals surface area contributed by atoms with Gasteiger partial charge in [-0.15, -0.1) is 0 Å². The molecule has 0 heterocycles. The van der Waals surface area contributed by atoms with Crippen LogP contribution in [-0.2, 0) is 16.4 Å². The van der Waals surface area contributed by atoms with E-state index < -0.39 is 10.0 Å². The van der Waals surface area contributed by atoms with E-state index in [4.69, 9.17) is 5.14 Å². The van der Waals surface area contributed by atoms with Gasteiger partial charge in [-0.3, -0.25) is 0 Å². The number of aryl methyl sites for hydroxylation is 1. The molecular weight excluding hydrogens is 218 g/mol. The molecular formula is C9H13NO2S2. The van der Waals surface area contributed by atoms with Crippen LogP contribution >= 0.6 is 11.8 Å². The molecule has 14 heavy (non-hydrogen) atoms. The predicted molar refractivity (Wildman–Crippen MR) is 59.9 cm³/mol. The molecule has 0 aromatic heterocycles. The summed E-state index contributed by atoms with van der Waals surface area (Å²) in [6, 6.07) is 6.85. The molecule has 0 atom stereocenters. The molecule has 78 valence electrons. The van der Waals surface area contributed by atoms with Crippen LogP contribution < -0.4 is 5.14 Å². The smallest absolute Gasteiger partial charge is 0.225 e. The first kappa shape index (κ1) is 11.6. The highest BCUT2D eigenvalue weighted by Gasteiger charge is 2.11. The molecule has 0 radical (unpaired) electrons. The number of sulfonamides is 1. The molecule has 0 spiro atoms. The highest BCUT2D eigenvalue weighted by molar-refractivity contribution is 7.98. The molecule has 0 saturated heterocycles. The molecule has 0 unspecified atom stereocenters. The van der Waals surface area contributed by atoms with Crippen LogP contribution in [0.4, 0.5) is 0 Å². The van der Waals surface area contributed by atoms with Crippen LogP contribution in [0, 0.1) is 0 Å². The standard InChI is InChI=1S/C9H13NO2S2/c1-13-7-6-8-4-2-3-5-9(8)14(10,11)12/h2-5H,6-7H2,1H3,(H2,10,11,12). The van der Waals surface area contributed by atoms with Crippen molar-refractivity contribution < 1.29 is 8.42 Å². The van der Waals surface area contributed by atoms with Crippen molar-refractivity contribution in [1.29, 1.82) is 0 Å². The molecule has 0 aliphatic rings. The molecule has 1 aromatic rings. The van der Waals surface area contributed by atoms with Gasteiger partial charge < -0.3 is 0 Å². The van der Waals surface area contributed by atoms with Crippen LogP contribution in [0.3, 0.4) is 0 Å². The molecule has 0 amide bonds. The van der Waals surface area contributed by atoms with E-state index >= 15 is 0 Å². The van der Waals surface area contributed by atoms with Crippen LogP contribution in [-0.4, -0.2) is 20.4 Å². The van der Waals surface area contributed by atoms with Crippen molar-refractivity contribution >= 4 is 21.8 Å². The largest absolute Gasteiger partial charge is 0.238 e. The minimum Gasteiger partial charge on any atom is -0.225 e. The summed E-state index contributed by atoms with van der Waals surface area (Å²) in [5, 5.41) is 5.09. The Morgan fingerprint density at radius 3 is 2.57 bits per heavy atom. The van der Waals surface area contributed by atoms with E-state index in [2.05, 4.69) is 0 Å². The molecule has 0 saturated carbocycles. The van der Waals surface area contributed by atoms with Gasteiger partial charge in [0, 0.05) is 0 Å². The SMILES string of the molecule is CSCCc1ccccc1S(N)(=O)=O. The molecule has 5 heteroatoms. The number of hydrogen-bond donors (Lipinski definition) is 1. The Kier molecular flexibility index (Phi) is 3.97. The molecule has 0 aliphatic heterocycles. The minimum atomic E-state index is -3.57. The van der Waals surface area contributed by atoms with Crippen molar-refractivity contribution in [3.05, 3.63) is 29.8 Å². The van der Waals surface area contributed by atoms with E-state index in [1.165, 1.54) is 0 Å². The normalized spacial score (nSPS) is 11.6. The second-order valence-electron chi connectivity index (χ2n) is 2.90. The monoisotopic (exact) mass is 231 g/mol. The Labute approximate surface area is 88.8 Å². The van der Waals surface area contributed by atoms with Gasteiger partial charge >= 0.3 is 0 Å². The lowest BCUT2D eigenvalue weighted by atomic mass is 10.2.